The third-order valence-electron chi connectivity index (χ3n) is 0.352. The fraction of sp³-hybridized carbons (Fsp3) is 0.667. The molecule has 0 radical (unpaired) electrons. The highest BCUT2D eigenvalue weighted by Gasteiger charge is 1.84. The van der Waals surface area contributed by atoms with E-state index in [-0.39, 0.29) is 5.91 Å². The summed E-state index contributed by atoms with van der Waals surface area (Å²) in [6, 6.07) is 0. The van der Waals surface area contributed by atoms with Crippen molar-refractivity contribution in [2.45, 2.75) is 6.92 Å². The van der Waals surface area contributed by atoms with Gasteiger partial charge in [0, 0.05) is 14.0 Å². The Kier molecular flexibility index (Phi) is 6.21. The molecule has 0 aromatic rings. The Morgan fingerprint density at radius 2 is 1.50 bits per heavy atom. The molecule has 0 rings (SSSR count). The van der Waals surface area contributed by atoms with Crippen LogP contribution < -0.4 is 5.32 Å². The molecule has 1 amide bonds. The van der Waals surface area contributed by atoms with Crippen molar-refractivity contribution in [2.75, 3.05) is 7.05 Å². The van der Waals surface area contributed by atoms with Gasteiger partial charge in [-0.05, 0) is 0 Å². The number of carbonyl (C=O) groups excluding carboxylic acids is 1. The van der Waals surface area contributed by atoms with Gasteiger partial charge in [0.1, 0.15) is 0 Å². The maximum absolute atomic E-state index is 9.70. The number of nitrogens with one attached hydrogen (secondary N) is 1. The number of rotatable bonds is 0. The number of hydrogen-bond donors (Lipinski definition) is 3. The van der Waals surface area contributed by atoms with Crippen LogP contribution in [0, 0.1) is 0 Å². The topological polar surface area (TPSA) is 104 Å². The van der Waals surface area contributed by atoms with Gasteiger partial charge in [-0.1, -0.05) is 0 Å². The van der Waals surface area contributed by atoms with Crippen molar-refractivity contribution >= 4 is 16.3 Å². The van der Waals surface area contributed by atoms with E-state index in [1.165, 1.54) is 6.92 Å². The molecule has 62 valence electrons. The first-order valence-electron chi connectivity index (χ1n) is 2.15. The SMILES string of the molecule is CNC(C)=O.O=S(=O)(O)O. The minimum atomic E-state index is -4.67. The summed E-state index contributed by atoms with van der Waals surface area (Å²) in [6.45, 7) is 1.47. The van der Waals surface area contributed by atoms with Crippen LogP contribution in [0.25, 0.3) is 0 Å². The summed E-state index contributed by atoms with van der Waals surface area (Å²) < 4.78 is 31.6. The molecule has 3 N–H and O–H groups in total. The lowest BCUT2D eigenvalue weighted by molar-refractivity contribution is -0.118. The summed E-state index contributed by atoms with van der Waals surface area (Å²) >= 11 is 0. The molecule has 0 aromatic heterocycles. The molecule has 0 atom stereocenters. The van der Waals surface area contributed by atoms with Gasteiger partial charge in [0.25, 0.3) is 0 Å². The van der Waals surface area contributed by atoms with Gasteiger partial charge in [-0.15, -0.1) is 0 Å². The average Bonchev–Trinajstić information content (AvgIpc) is 1.61. The molecule has 0 aliphatic rings. The minimum Gasteiger partial charge on any atom is -0.359 e. The molecule has 0 fully saturated rings. The zero-order valence-electron chi connectivity index (χ0n) is 5.53. The van der Waals surface area contributed by atoms with Gasteiger partial charge in [0.2, 0.25) is 5.91 Å². The highest BCUT2D eigenvalue weighted by atomic mass is 32.3. The molecule has 0 aliphatic carbocycles. The molecule has 0 unspecified atom stereocenters. The summed E-state index contributed by atoms with van der Waals surface area (Å²) in [6.07, 6.45) is 0. The molecule has 0 saturated carbocycles. The Bertz CT molecular complexity index is 175. The first-order chi connectivity index (χ1) is 4.27. The lowest BCUT2D eigenvalue weighted by atomic mass is 10.7. The van der Waals surface area contributed by atoms with Crippen molar-refractivity contribution in [1.29, 1.82) is 0 Å². The lowest BCUT2D eigenvalue weighted by Crippen LogP contribution is -2.11. The molecule has 7 heteroatoms. The van der Waals surface area contributed by atoms with E-state index in [9.17, 15) is 4.79 Å². The second-order valence-electron chi connectivity index (χ2n) is 1.25. The van der Waals surface area contributed by atoms with Crippen molar-refractivity contribution in [3.63, 3.8) is 0 Å². The van der Waals surface area contributed by atoms with Gasteiger partial charge in [-0.25, -0.2) is 0 Å². The fourth-order valence-electron chi connectivity index (χ4n) is 0. The average molecular weight is 171 g/mol. The van der Waals surface area contributed by atoms with Crippen LogP contribution in [0.1, 0.15) is 6.92 Å². The van der Waals surface area contributed by atoms with E-state index in [0.717, 1.165) is 0 Å². The maximum atomic E-state index is 9.70. The zero-order valence-corrected chi connectivity index (χ0v) is 6.34. The van der Waals surface area contributed by atoms with Crippen LogP contribution in [0.5, 0.6) is 0 Å². The standard InChI is InChI=1S/C3H7NO.H2O4S/c1-3(5)4-2;1-5(2,3)4/h1-2H3,(H,4,5);(H2,1,2,3,4). The van der Waals surface area contributed by atoms with E-state index in [0.29, 0.717) is 0 Å². The van der Waals surface area contributed by atoms with Crippen molar-refractivity contribution in [3.8, 4) is 0 Å². The first-order valence-corrected chi connectivity index (χ1v) is 3.55. The molecule has 10 heavy (non-hydrogen) atoms. The van der Waals surface area contributed by atoms with Gasteiger partial charge in [-0.2, -0.15) is 8.42 Å². The van der Waals surface area contributed by atoms with Crippen molar-refractivity contribution in [3.05, 3.63) is 0 Å². The van der Waals surface area contributed by atoms with Gasteiger partial charge in [0.15, 0.2) is 0 Å². The molecule has 0 aromatic carbocycles. The normalized spacial score (nSPS) is 9.20. The molecule has 6 nitrogen and oxygen atoms in total. The molecule has 0 bridgehead atoms. The Morgan fingerprint density at radius 3 is 1.50 bits per heavy atom. The highest BCUT2D eigenvalue weighted by molar-refractivity contribution is 7.79. The molecular formula is C3H9NO5S. The Morgan fingerprint density at radius 1 is 1.40 bits per heavy atom. The monoisotopic (exact) mass is 171 g/mol. The molecule has 0 aliphatic heterocycles. The second kappa shape index (κ2) is 5.15. The van der Waals surface area contributed by atoms with Crippen LogP contribution in [0.15, 0.2) is 0 Å². The van der Waals surface area contributed by atoms with Gasteiger partial charge in [0.05, 0.1) is 0 Å². The Balaban J connectivity index is 0. The number of hydrogen-bond acceptors (Lipinski definition) is 3. The van der Waals surface area contributed by atoms with E-state index in [4.69, 9.17) is 17.5 Å². The molecule has 0 saturated heterocycles. The third-order valence-corrected chi connectivity index (χ3v) is 0.352. The van der Waals surface area contributed by atoms with E-state index >= 15 is 0 Å². The molecular weight excluding hydrogens is 162 g/mol. The molecule has 0 heterocycles. The van der Waals surface area contributed by atoms with E-state index < -0.39 is 10.4 Å². The summed E-state index contributed by atoms with van der Waals surface area (Å²) in [5.41, 5.74) is 0. The quantitative estimate of drug-likeness (QED) is 0.410. The smallest absolute Gasteiger partial charge is 0.359 e. The summed E-state index contributed by atoms with van der Waals surface area (Å²) in [7, 11) is -3.07. The summed E-state index contributed by atoms with van der Waals surface area (Å²) in [5.74, 6) is 0.00463. The van der Waals surface area contributed by atoms with Crippen LogP contribution in [0.2, 0.25) is 0 Å². The predicted octanol–water partition coefficient (Wildman–Crippen LogP) is -0.900. The minimum absolute atomic E-state index is 0.00463. The molecule has 0 spiro atoms. The number of carbonyl (C=O) groups is 1. The third kappa shape index (κ3) is 164. The summed E-state index contributed by atoms with van der Waals surface area (Å²) in [4.78, 5) is 9.70. The number of amides is 1. The van der Waals surface area contributed by atoms with Crippen molar-refractivity contribution < 1.29 is 22.3 Å². The lowest BCUT2D eigenvalue weighted by Gasteiger charge is -1.80. The van der Waals surface area contributed by atoms with E-state index in [2.05, 4.69) is 5.32 Å². The van der Waals surface area contributed by atoms with Crippen LogP contribution in [-0.2, 0) is 15.2 Å². The predicted molar refractivity (Wildman–Crippen MR) is 33.9 cm³/mol. The maximum Gasteiger partial charge on any atom is 0.394 e. The zero-order chi connectivity index (χ0) is 8.78. The van der Waals surface area contributed by atoms with E-state index in [1.54, 1.807) is 7.05 Å². The van der Waals surface area contributed by atoms with Crippen LogP contribution in [0.4, 0.5) is 0 Å². The first kappa shape index (κ1) is 12.1. The van der Waals surface area contributed by atoms with Crippen molar-refractivity contribution in [1.82, 2.24) is 5.32 Å². The van der Waals surface area contributed by atoms with Gasteiger partial charge >= 0.3 is 10.4 Å². The largest absolute Gasteiger partial charge is 0.394 e. The highest BCUT2D eigenvalue weighted by Crippen LogP contribution is 1.59. The van der Waals surface area contributed by atoms with Crippen LogP contribution >= 0.6 is 0 Å². The fourth-order valence-corrected chi connectivity index (χ4v) is 0. The summed E-state index contributed by atoms with van der Waals surface area (Å²) in [5, 5.41) is 2.39. The van der Waals surface area contributed by atoms with Gasteiger partial charge in [-0.3, -0.25) is 13.9 Å². The second-order valence-corrected chi connectivity index (χ2v) is 2.15. The van der Waals surface area contributed by atoms with E-state index in [1.807, 2.05) is 0 Å². The van der Waals surface area contributed by atoms with Crippen molar-refractivity contribution in [2.24, 2.45) is 0 Å². The van der Waals surface area contributed by atoms with Crippen LogP contribution in [-0.4, -0.2) is 30.5 Å². The van der Waals surface area contributed by atoms with Gasteiger partial charge < -0.3 is 5.32 Å². The van der Waals surface area contributed by atoms with Crippen LogP contribution in [0.3, 0.4) is 0 Å². The Labute approximate surface area is 58.8 Å². The Hall–Kier alpha value is -0.660.